The molecule has 0 bridgehead atoms. The number of carbonyl (C=O) groups is 1. The maximum absolute atomic E-state index is 13.8. The Morgan fingerprint density at radius 3 is 2.78 bits per heavy atom. The second-order valence-electron chi connectivity index (χ2n) is 8.88. The third kappa shape index (κ3) is 6.37. The van der Waals surface area contributed by atoms with Crippen LogP contribution >= 0.6 is 11.6 Å². The monoisotopic (exact) mass is 517 g/mol. The van der Waals surface area contributed by atoms with Gasteiger partial charge in [0.2, 0.25) is 5.91 Å². The lowest BCUT2D eigenvalue weighted by Crippen LogP contribution is -2.37. The summed E-state index contributed by atoms with van der Waals surface area (Å²) < 4.78 is 26.2. The third-order valence-corrected chi connectivity index (χ3v) is 5.99. The third-order valence-electron chi connectivity index (χ3n) is 5.70. The lowest BCUT2D eigenvalue weighted by Gasteiger charge is -2.26. The van der Waals surface area contributed by atoms with E-state index in [0.717, 1.165) is 39.3 Å². The van der Waals surface area contributed by atoms with Gasteiger partial charge in [0.05, 0.1) is 36.4 Å². The molecule has 1 saturated heterocycles. The fraction of sp³-hybridized carbons (Fsp3) is 0.440. The number of benzene rings is 1. The Bertz CT molecular complexity index is 1290. The molecular weight excluding hydrogens is 489 g/mol. The van der Waals surface area contributed by atoms with Crippen LogP contribution in [0.15, 0.2) is 35.3 Å². The fourth-order valence-corrected chi connectivity index (χ4v) is 4.16. The number of morpholine rings is 1. The molecular formula is C25H29ClFN5O4. The van der Waals surface area contributed by atoms with Crippen LogP contribution in [0, 0.1) is 5.82 Å². The smallest absolute Gasteiger partial charge is 0.263 e. The summed E-state index contributed by atoms with van der Waals surface area (Å²) in [5.41, 5.74) is 0.125. The predicted molar refractivity (Wildman–Crippen MR) is 135 cm³/mol. The Morgan fingerprint density at radius 1 is 1.28 bits per heavy atom. The zero-order valence-corrected chi connectivity index (χ0v) is 21.1. The van der Waals surface area contributed by atoms with E-state index in [0.29, 0.717) is 17.9 Å². The minimum atomic E-state index is -0.596. The maximum atomic E-state index is 13.8. The number of amides is 1. The quantitative estimate of drug-likeness (QED) is 0.436. The van der Waals surface area contributed by atoms with Crippen LogP contribution < -0.4 is 15.6 Å². The summed E-state index contributed by atoms with van der Waals surface area (Å²) in [6, 6.07) is 5.49. The van der Waals surface area contributed by atoms with E-state index in [-0.39, 0.29) is 40.4 Å². The largest absolute Gasteiger partial charge is 0.492 e. The molecule has 4 rings (SSSR count). The number of hydrogen-bond donors (Lipinski definition) is 1. The van der Waals surface area contributed by atoms with Crippen LogP contribution in [-0.4, -0.2) is 70.8 Å². The molecule has 0 spiro atoms. The molecule has 192 valence electrons. The van der Waals surface area contributed by atoms with E-state index >= 15 is 0 Å². The first kappa shape index (κ1) is 26.0. The minimum Gasteiger partial charge on any atom is -0.492 e. The number of pyridine rings is 1. The highest BCUT2D eigenvalue weighted by molar-refractivity contribution is 6.31. The van der Waals surface area contributed by atoms with E-state index < -0.39 is 11.4 Å². The molecule has 36 heavy (non-hydrogen) atoms. The number of aromatic nitrogens is 3. The zero-order valence-electron chi connectivity index (χ0n) is 20.3. The van der Waals surface area contributed by atoms with Crippen molar-refractivity contribution >= 4 is 28.5 Å². The molecule has 1 aliphatic heterocycles. The molecule has 0 aliphatic carbocycles. The summed E-state index contributed by atoms with van der Waals surface area (Å²) in [5.74, 6) is -0.341. The van der Waals surface area contributed by atoms with Crippen molar-refractivity contribution in [1.82, 2.24) is 24.8 Å². The first-order chi connectivity index (χ1) is 17.3. The molecule has 0 atom stereocenters. The number of rotatable bonds is 9. The molecule has 1 aliphatic rings. The molecule has 1 aromatic carbocycles. The highest BCUT2D eigenvalue weighted by Gasteiger charge is 2.18. The topological polar surface area (TPSA) is 98.6 Å². The van der Waals surface area contributed by atoms with Gasteiger partial charge in [-0.3, -0.25) is 19.1 Å². The Morgan fingerprint density at radius 2 is 2.06 bits per heavy atom. The van der Waals surface area contributed by atoms with Crippen molar-refractivity contribution < 1.29 is 18.7 Å². The van der Waals surface area contributed by atoms with Crippen LogP contribution in [0.25, 0.3) is 22.4 Å². The van der Waals surface area contributed by atoms with Crippen molar-refractivity contribution in [3.63, 3.8) is 0 Å². The van der Waals surface area contributed by atoms with Crippen LogP contribution in [0.5, 0.6) is 5.75 Å². The Kier molecular flexibility index (Phi) is 8.50. The lowest BCUT2D eigenvalue weighted by molar-refractivity contribution is -0.122. The van der Waals surface area contributed by atoms with Crippen LogP contribution in [0.1, 0.15) is 20.3 Å². The molecule has 1 fully saturated rings. The second kappa shape index (κ2) is 11.8. The number of hydrogen-bond acceptors (Lipinski definition) is 7. The summed E-state index contributed by atoms with van der Waals surface area (Å²) in [6.45, 7) is 8.06. The maximum Gasteiger partial charge on any atom is 0.263 e. The number of nitrogens with one attached hydrogen (secondary N) is 1. The molecule has 2 aromatic heterocycles. The molecule has 11 heteroatoms. The van der Waals surface area contributed by atoms with Crippen molar-refractivity contribution in [2.75, 3.05) is 39.5 Å². The first-order valence-electron chi connectivity index (χ1n) is 11.9. The molecule has 0 radical (unpaired) electrons. The van der Waals surface area contributed by atoms with Gasteiger partial charge < -0.3 is 14.8 Å². The zero-order chi connectivity index (χ0) is 25.7. The van der Waals surface area contributed by atoms with Crippen LogP contribution in [0.3, 0.4) is 0 Å². The Labute approximate surface area is 213 Å². The van der Waals surface area contributed by atoms with E-state index in [4.69, 9.17) is 21.1 Å². The average molecular weight is 518 g/mol. The normalized spacial score (nSPS) is 14.4. The van der Waals surface area contributed by atoms with Gasteiger partial charge in [-0.1, -0.05) is 11.6 Å². The minimum absolute atomic E-state index is 0.107. The van der Waals surface area contributed by atoms with Crippen LogP contribution in [-0.2, 0) is 16.1 Å². The van der Waals surface area contributed by atoms with Gasteiger partial charge in [0, 0.05) is 31.2 Å². The summed E-state index contributed by atoms with van der Waals surface area (Å²) in [6.07, 6.45) is 2.33. The summed E-state index contributed by atoms with van der Waals surface area (Å²) in [5, 5.41) is 2.87. The van der Waals surface area contributed by atoms with Crippen molar-refractivity contribution in [2.24, 2.45) is 0 Å². The van der Waals surface area contributed by atoms with E-state index in [1.807, 2.05) is 13.8 Å². The van der Waals surface area contributed by atoms with E-state index in [9.17, 15) is 14.0 Å². The van der Waals surface area contributed by atoms with Gasteiger partial charge in [0.15, 0.2) is 5.65 Å². The molecule has 3 heterocycles. The number of nitrogens with zero attached hydrogens (tertiary/aromatic N) is 4. The molecule has 0 unspecified atom stereocenters. The highest BCUT2D eigenvalue weighted by Crippen LogP contribution is 2.25. The van der Waals surface area contributed by atoms with Crippen molar-refractivity contribution in [1.29, 1.82) is 0 Å². The lowest BCUT2D eigenvalue weighted by atomic mass is 10.2. The highest BCUT2D eigenvalue weighted by atomic mass is 35.5. The summed E-state index contributed by atoms with van der Waals surface area (Å²) in [4.78, 5) is 37.2. The van der Waals surface area contributed by atoms with E-state index in [1.165, 1.54) is 29.0 Å². The first-order valence-corrected chi connectivity index (χ1v) is 12.3. The van der Waals surface area contributed by atoms with Crippen LogP contribution in [0.2, 0.25) is 5.02 Å². The molecule has 0 saturated carbocycles. The van der Waals surface area contributed by atoms with Crippen LogP contribution in [0.4, 0.5) is 4.39 Å². The van der Waals surface area contributed by atoms with Gasteiger partial charge >= 0.3 is 0 Å². The van der Waals surface area contributed by atoms with Gasteiger partial charge in [0.1, 0.15) is 23.9 Å². The second-order valence-corrected chi connectivity index (χ2v) is 9.28. The molecule has 9 nitrogen and oxygen atoms in total. The van der Waals surface area contributed by atoms with Gasteiger partial charge in [0.25, 0.3) is 5.56 Å². The number of fused-ring (bicyclic) bond motifs is 1. The predicted octanol–water partition coefficient (Wildman–Crippen LogP) is 2.88. The molecule has 1 amide bonds. The van der Waals surface area contributed by atoms with E-state index in [1.54, 1.807) is 6.07 Å². The number of halogens is 2. The van der Waals surface area contributed by atoms with E-state index in [2.05, 4.69) is 20.2 Å². The summed E-state index contributed by atoms with van der Waals surface area (Å²) in [7, 11) is 0. The van der Waals surface area contributed by atoms with Crippen molar-refractivity contribution in [3.8, 4) is 17.1 Å². The average Bonchev–Trinajstić information content (AvgIpc) is 2.85. The Hall–Kier alpha value is -3.08. The van der Waals surface area contributed by atoms with Crippen molar-refractivity contribution in [3.05, 3.63) is 51.7 Å². The van der Waals surface area contributed by atoms with Crippen molar-refractivity contribution in [2.45, 2.75) is 32.9 Å². The number of carbonyl (C=O) groups excluding carboxylic acids is 1. The SMILES string of the molecule is CC(C)NC(=O)Cn1c(-c2ccc(F)c(Cl)c2)nc2ncc(OCCCN3CCOCC3)cc2c1=O. The van der Waals surface area contributed by atoms with Gasteiger partial charge in [-0.25, -0.2) is 14.4 Å². The van der Waals surface area contributed by atoms with Gasteiger partial charge in [-0.15, -0.1) is 0 Å². The van der Waals surface area contributed by atoms with Gasteiger partial charge in [-0.2, -0.15) is 0 Å². The Balaban J connectivity index is 1.62. The molecule has 1 N–H and O–H groups in total. The standard InChI is InChI=1S/C25H29ClFN5O4/c1-16(2)29-22(33)15-32-24(17-4-5-21(27)20(26)12-17)30-23-19(25(32)34)13-18(14-28-23)36-9-3-6-31-7-10-35-11-8-31/h4-5,12-14,16H,3,6-11,15H2,1-2H3,(H,29,33). The summed E-state index contributed by atoms with van der Waals surface area (Å²) >= 11 is 5.97. The fourth-order valence-electron chi connectivity index (χ4n) is 3.98. The molecule has 3 aromatic rings. The number of ether oxygens (including phenoxy) is 2. The van der Waals surface area contributed by atoms with Gasteiger partial charge in [-0.05, 0) is 44.5 Å².